The first-order valence-corrected chi connectivity index (χ1v) is 10.5. The van der Waals surface area contributed by atoms with Crippen molar-refractivity contribution in [1.29, 1.82) is 0 Å². The third-order valence-corrected chi connectivity index (χ3v) is 5.51. The van der Waals surface area contributed by atoms with Gasteiger partial charge in [-0.3, -0.25) is 0 Å². The summed E-state index contributed by atoms with van der Waals surface area (Å²) < 4.78 is 11.7. The Morgan fingerprint density at radius 2 is 1.79 bits per heavy atom. The van der Waals surface area contributed by atoms with E-state index in [0.29, 0.717) is 19.2 Å². The first kappa shape index (κ1) is 20.1. The number of rotatable bonds is 7. The number of anilines is 2. The van der Waals surface area contributed by atoms with E-state index in [4.69, 9.17) is 19.4 Å². The van der Waals surface area contributed by atoms with Gasteiger partial charge in [0.25, 0.3) is 0 Å². The fraction of sp³-hybridized carbons (Fsp3) is 0.545. The molecule has 0 bridgehead atoms. The standard InChI is InChI=1S/C22H31N5O2/c1-26(2)12-6-11-23-21-24-19(18-7-4-3-5-8-18)17-20(25-21)27-13-9-22(10-14-27)28-15-16-29-22/h3-5,7-8,17H,6,9-16H2,1-2H3,(H,23,24,25). The molecular weight excluding hydrogens is 366 g/mol. The molecule has 2 saturated heterocycles. The van der Waals surface area contributed by atoms with Gasteiger partial charge in [0.1, 0.15) is 5.82 Å². The number of nitrogens with zero attached hydrogens (tertiary/aromatic N) is 4. The van der Waals surface area contributed by atoms with Crippen molar-refractivity contribution in [3.05, 3.63) is 36.4 Å². The monoisotopic (exact) mass is 397 g/mol. The summed E-state index contributed by atoms with van der Waals surface area (Å²) >= 11 is 0. The second kappa shape index (κ2) is 9.07. The van der Waals surface area contributed by atoms with Crippen LogP contribution in [-0.4, -0.2) is 74.1 Å². The Kier molecular flexibility index (Phi) is 6.28. The molecule has 0 radical (unpaired) electrons. The van der Waals surface area contributed by atoms with Crippen molar-refractivity contribution in [1.82, 2.24) is 14.9 Å². The summed E-state index contributed by atoms with van der Waals surface area (Å²) in [5, 5.41) is 3.41. The smallest absolute Gasteiger partial charge is 0.225 e. The first-order chi connectivity index (χ1) is 14.1. The summed E-state index contributed by atoms with van der Waals surface area (Å²) in [7, 11) is 4.18. The van der Waals surface area contributed by atoms with E-state index in [0.717, 1.165) is 62.5 Å². The lowest BCUT2D eigenvalue weighted by Crippen LogP contribution is -2.45. The van der Waals surface area contributed by atoms with Gasteiger partial charge in [0, 0.05) is 44.1 Å². The maximum Gasteiger partial charge on any atom is 0.225 e. The molecule has 0 amide bonds. The molecular formula is C22H31N5O2. The lowest BCUT2D eigenvalue weighted by atomic mass is 10.0. The van der Waals surface area contributed by atoms with Crippen molar-refractivity contribution in [2.24, 2.45) is 0 Å². The Bertz CT molecular complexity index is 783. The highest BCUT2D eigenvalue weighted by molar-refractivity contribution is 5.64. The van der Waals surface area contributed by atoms with Crippen LogP contribution in [0, 0.1) is 0 Å². The number of aromatic nitrogens is 2. The van der Waals surface area contributed by atoms with Gasteiger partial charge in [-0.2, -0.15) is 4.98 Å². The van der Waals surface area contributed by atoms with Crippen LogP contribution in [0.3, 0.4) is 0 Å². The molecule has 156 valence electrons. The molecule has 0 saturated carbocycles. The van der Waals surface area contributed by atoms with Gasteiger partial charge < -0.3 is 24.6 Å². The minimum atomic E-state index is -0.376. The highest BCUT2D eigenvalue weighted by Gasteiger charge is 2.40. The molecule has 7 nitrogen and oxygen atoms in total. The van der Waals surface area contributed by atoms with Crippen molar-refractivity contribution in [3.8, 4) is 11.3 Å². The average molecular weight is 398 g/mol. The molecule has 7 heteroatoms. The number of hydrogen-bond acceptors (Lipinski definition) is 7. The zero-order valence-electron chi connectivity index (χ0n) is 17.4. The largest absolute Gasteiger partial charge is 0.356 e. The van der Waals surface area contributed by atoms with Crippen LogP contribution in [0.25, 0.3) is 11.3 Å². The predicted octanol–water partition coefficient (Wildman–Crippen LogP) is 2.85. The Labute approximate surface area is 173 Å². The number of hydrogen-bond donors (Lipinski definition) is 1. The predicted molar refractivity (Wildman–Crippen MR) is 115 cm³/mol. The van der Waals surface area contributed by atoms with Gasteiger partial charge in [-0.25, -0.2) is 4.98 Å². The van der Waals surface area contributed by atoms with Crippen molar-refractivity contribution < 1.29 is 9.47 Å². The van der Waals surface area contributed by atoms with Crippen LogP contribution in [0.15, 0.2) is 36.4 Å². The van der Waals surface area contributed by atoms with Crippen molar-refractivity contribution in [3.63, 3.8) is 0 Å². The molecule has 3 heterocycles. The molecule has 1 aromatic carbocycles. The van der Waals surface area contributed by atoms with Gasteiger partial charge in [-0.05, 0) is 27.1 Å². The average Bonchev–Trinajstić information content (AvgIpc) is 3.20. The van der Waals surface area contributed by atoms with Gasteiger partial charge in [0.05, 0.1) is 18.9 Å². The topological polar surface area (TPSA) is 62.8 Å². The van der Waals surface area contributed by atoms with E-state index in [-0.39, 0.29) is 5.79 Å². The first-order valence-electron chi connectivity index (χ1n) is 10.5. The number of benzene rings is 1. The number of piperidine rings is 1. The van der Waals surface area contributed by atoms with Crippen LogP contribution in [0.2, 0.25) is 0 Å². The minimum Gasteiger partial charge on any atom is -0.356 e. The zero-order valence-corrected chi connectivity index (χ0v) is 17.4. The molecule has 0 aliphatic carbocycles. The van der Waals surface area contributed by atoms with Crippen LogP contribution in [-0.2, 0) is 9.47 Å². The summed E-state index contributed by atoms with van der Waals surface area (Å²) in [6, 6.07) is 12.4. The van der Waals surface area contributed by atoms with Gasteiger partial charge in [-0.15, -0.1) is 0 Å². The highest BCUT2D eigenvalue weighted by atomic mass is 16.7. The molecule has 2 aliphatic rings. The van der Waals surface area contributed by atoms with Crippen LogP contribution < -0.4 is 10.2 Å². The Morgan fingerprint density at radius 3 is 2.48 bits per heavy atom. The Morgan fingerprint density at radius 1 is 1.07 bits per heavy atom. The molecule has 1 spiro atoms. The molecule has 2 fully saturated rings. The molecule has 0 unspecified atom stereocenters. The number of nitrogens with one attached hydrogen (secondary N) is 1. The molecule has 2 aliphatic heterocycles. The number of ether oxygens (including phenoxy) is 2. The highest BCUT2D eigenvalue weighted by Crippen LogP contribution is 2.33. The van der Waals surface area contributed by atoms with Crippen LogP contribution in [0.1, 0.15) is 19.3 Å². The van der Waals surface area contributed by atoms with Gasteiger partial charge >= 0.3 is 0 Å². The summed E-state index contributed by atoms with van der Waals surface area (Å²) in [4.78, 5) is 14.1. The summed E-state index contributed by atoms with van der Waals surface area (Å²) in [5.74, 6) is 1.27. The molecule has 0 atom stereocenters. The van der Waals surface area contributed by atoms with E-state index in [9.17, 15) is 0 Å². The quantitative estimate of drug-likeness (QED) is 0.721. The fourth-order valence-corrected chi connectivity index (χ4v) is 3.89. The normalized spacial score (nSPS) is 18.5. The molecule has 29 heavy (non-hydrogen) atoms. The van der Waals surface area contributed by atoms with E-state index >= 15 is 0 Å². The van der Waals surface area contributed by atoms with Crippen molar-refractivity contribution in [2.75, 3.05) is 63.7 Å². The SMILES string of the molecule is CN(C)CCCNc1nc(-c2ccccc2)cc(N2CCC3(CC2)OCCO3)n1. The fourth-order valence-electron chi connectivity index (χ4n) is 3.89. The lowest BCUT2D eigenvalue weighted by Gasteiger charge is -2.38. The summed E-state index contributed by atoms with van der Waals surface area (Å²) in [6.45, 7) is 5.02. The van der Waals surface area contributed by atoms with Crippen LogP contribution in [0.4, 0.5) is 11.8 Å². The third kappa shape index (κ3) is 5.04. The van der Waals surface area contributed by atoms with Crippen molar-refractivity contribution >= 4 is 11.8 Å². The minimum absolute atomic E-state index is 0.376. The van der Waals surface area contributed by atoms with Gasteiger partial charge in [0.15, 0.2) is 5.79 Å². The summed E-state index contributed by atoms with van der Waals surface area (Å²) in [5.41, 5.74) is 2.04. The van der Waals surface area contributed by atoms with E-state index in [1.807, 2.05) is 18.2 Å². The van der Waals surface area contributed by atoms with Gasteiger partial charge in [-0.1, -0.05) is 30.3 Å². The third-order valence-electron chi connectivity index (χ3n) is 5.51. The Hall–Kier alpha value is -2.22. The molecule has 2 aromatic rings. The Balaban J connectivity index is 1.51. The lowest BCUT2D eigenvalue weighted by molar-refractivity contribution is -0.169. The molecule has 1 aromatic heterocycles. The van der Waals surface area contributed by atoms with Crippen LogP contribution in [0.5, 0.6) is 0 Å². The van der Waals surface area contributed by atoms with Crippen LogP contribution >= 0.6 is 0 Å². The molecule has 4 rings (SSSR count). The van der Waals surface area contributed by atoms with E-state index in [2.05, 4.69) is 47.4 Å². The van der Waals surface area contributed by atoms with E-state index in [1.165, 1.54) is 0 Å². The maximum atomic E-state index is 5.87. The van der Waals surface area contributed by atoms with Crippen molar-refractivity contribution in [2.45, 2.75) is 25.0 Å². The second-order valence-corrected chi connectivity index (χ2v) is 7.98. The van der Waals surface area contributed by atoms with Gasteiger partial charge in [0.2, 0.25) is 5.95 Å². The maximum absolute atomic E-state index is 5.87. The van der Waals surface area contributed by atoms with E-state index in [1.54, 1.807) is 0 Å². The molecule has 1 N–H and O–H groups in total. The summed E-state index contributed by atoms with van der Waals surface area (Å²) in [6.07, 6.45) is 2.77. The second-order valence-electron chi connectivity index (χ2n) is 7.98. The van der Waals surface area contributed by atoms with E-state index < -0.39 is 0 Å². The zero-order chi connectivity index (χ0) is 20.1.